The van der Waals surface area contributed by atoms with Crippen LogP contribution in [-0.2, 0) is 14.3 Å². The maximum absolute atomic E-state index is 12.7. The molecule has 1 rings (SSSR count). The van der Waals surface area contributed by atoms with Crippen LogP contribution in [0.15, 0.2) is 30.3 Å². The van der Waals surface area contributed by atoms with Gasteiger partial charge < -0.3 is 14.5 Å². The Labute approximate surface area is 170 Å². The Hall–Kier alpha value is -2.14. The predicted molar refractivity (Wildman–Crippen MR) is 115 cm³/mol. The van der Waals surface area contributed by atoms with Crippen LogP contribution in [0.5, 0.6) is 0 Å². The second-order valence-corrected chi connectivity index (χ2v) is 7.19. The molecule has 0 aromatic heterocycles. The Bertz CT molecular complexity index is 619. The van der Waals surface area contributed by atoms with Crippen LogP contribution in [-0.4, -0.2) is 61.5 Å². The van der Waals surface area contributed by atoms with E-state index in [1.54, 1.807) is 11.0 Å². The Balaban J connectivity index is 2.71. The van der Waals surface area contributed by atoms with E-state index in [0.29, 0.717) is 19.0 Å². The van der Waals surface area contributed by atoms with Crippen LogP contribution in [0.25, 0.3) is 6.08 Å². The van der Waals surface area contributed by atoms with Gasteiger partial charge in [0.25, 0.3) is 0 Å². The van der Waals surface area contributed by atoms with Gasteiger partial charge in [-0.25, -0.2) is 0 Å². The van der Waals surface area contributed by atoms with Crippen molar-refractivity contribution in [3.05, 3.63) is 41.5 Å². The smallest absolute Gasteiger partial charge is 0.307 e. The van der Waals surface area contributed by atoms with E-state index in [2.05, 4.69) is 44.7 Å². The van der Waals surface area contributed by atoms with E-state index < -0.39 is 0 Å². The lowest BCUT2D eigenvalue weighted by atomic mass is 10.0. The normalized spacial score (nSPS) is 11.4. The van der Waals surface area contributed by atoms with E-state index in [4.69, 9.17) is 4.74 Å². The molecule has 156 valence electrons. The van der Waals surface area contributed by atoms with Crippen LogP contribution in [0.1, 0.15) is 57.6 Å². The topological polar surface area (TPSA) is 49.9 Å². The van der Waals surface area contributed by atoms with E-state index in [-0.39, 0.29) is 18.3 Å². The summed E-state index contributed by atoms with van der Waals surface area (Å²) in [4.78, 5) is 28.2. The van der Waals surface area contributed by atoms with E-state index >= 15 is 0 Å². The maximum Gasteiger partial charge on any atom is 0.307 e. The lowest BCUT2D eigenvalue weighted by molar-refractivity contribution is -0.141. The summed E-state index contributed by atoms with van der Waals surface area (Å²) >= 11 is 0. The highest BCUT2D eigenvalue weighted by molar-refractivity contribution is 5.92. The summed E-state index contributed by atoms with van der Waals surface area (Å²) < 4.78 is 4.71. The van der Waals surface area contributed by atoms with Gasteiger partial charge in [0.05, 0.1) is 13.5 Å². The molecule has 5 heteroatoms. The van der Waals surface area contributed by atoms with Gasteiger partial charge in [-0.15, -0.1) is 0 Å². The third-order valence-electron chi connectivity index (χ3n) is 4.94. The first-order valence-corrected chi connectivity index (χ1v) is 10.3. The summed E-state index contributed by atoms with van der Waals surface area (Å²) in [7, 11) is 1.37. The molecule has 0 N–H and O–H groups in total. The average molecular weight is 389 g/mol. The molecule has 0 radical (unpaired) electrons. The number of carbonyl (C=O) groups is 2. The van der Waals surface area contributed by atoms with Crippen LogP contribution >= 0.6 is 0 Å². The zero-order chi connectivity index (χ0) is 20.9. The molecule has 0 aliphatic heterocycles. The van der Waals surface area contributed by atoms with Gasteiger partial charge in [-0.2, -0.15) is 0 Å². The van der Waals surface area contributed by atoms with Crippen molar-refractivity contribution in [2.75, 3.05) is 39.8 Å². The zero-order valence-electron chi connectivity index (χ0n) is 18.1. The van der Waals surface area contributed by atoms with Gasteiger partial charge in [0.15, 0.2) is 0 Å². The fraction of sp³-hybridized carbons (Fsp3) is 0.565. The SMILES string of the molecule is CCN(CC)CCCN(CCC(=O)OC)C(=O)/C=C/c1ccc(C(C)C)cc1. The largest absolute Gasteiger partial charge is 0.469 e. The summed E-state index contributed by atoms with van der Waals surface area (Å²) in [5, 5.41) is 0. The lowest BCUT2D eigenvalue weighted by Gasteiger charge is -2.23. The van der Waals surface area contributed by atoms with Crippen LogP contribution < -0.4 is 0 Å². The quantitative estimate of drug-likeness (QED) is 0.402. The Morgan fingerprint density at radius 3 is 2.21 bits per heavy atom. The van der Waals surface area contributed by atoms with Crippen molar-refractivity contribution in [3.8, 4) is 0 Å². The number of ether oxygens (including phenoxy) is 1. The standard InChI is InChI=1S/C23H36N2O3/c1-6-24(7-2)16-8-17-25(18-15-23(27)28-5)22(26)14-11-20-9-12-21(13-10-20)19(3)4/h9-14,19H,6-8,15-18H2,1-5H3/b14-11+. The molecule has 5 nitrogen and oxygen atoms in total. The minimum absolute atomic E-state index is 0.0728. The molecule has 0 atom stereocenters. The number of nitrogens with zero attached hydrogens (tertiary/aromatic N) is 2. The highest BCUT2D eigenvalue weighted by Gasteiger charge is 2.13. The van der Waals surface area contributed by atoms with Crippen LogP contribution in [0, 0.1) is 0 Å². The number of hydrogen-bond donors (Lipinski definition) is 0. The molecular formula is C23H36N2O3. The molecule has 0 saturated carbocycles. The lowest BCUT2D eigenvalue weighted by Crippen LogP contribution is -2.35. The van der Waals surface area contributed by atoms with Crippen molar-refractivity contribution < 1.29 is 14.3 Å². The highest BCUT2D eigenvalue weighted by Crippen LogP contribution is 2.15. The minimum atomic E-state index is -0.296. The fourth-order valence-electron chi connectivity index (χ4n) is 2.95. The summed E-state index contributed by atoms with van der Waals surface area (Å²) in [5.41, 5.74) is 2.27. The molecule has 1 aromatic carbocycles. The van der Waals surface area contributed by atoms with Gasteiger partial charge in [-0.05, 0) is 49.2 Å². The first-order valence-electron chi connectivity index (χ1n) is 10.3. The van der Waals surface area contributed by atoms with Crippen LogP contribution in [0.2, 0.25) is 0 Å². The van der Waals surface area contributed by atoms with Crippen molar-refractivity contribution in [2.45, 2.75) is 46.5 Å². The van der Waals surface area contributed by atoms with Crippen molar-refractivity contribution >= 4 is 18.0 Å². The summed E-state index contributed by atoms with van der Waals surface area (Å²) in [6.45, 7) is 12.5. The maximum atomic E-state index is 12.7. The van der Waals surface area contributed by atoms with Crippen molar-refractivity contribution in [3.63, 3.8) is 0 Å². The van der Waals surface area contributed by atoms with Gasteiger partial charge >= 0.3 is 5.97 Å². The second kappa shape index (κ2) is 13.1. The van der Waals surface area contributed by atoms with Crippen LogP contribution in [0.3, 0.4) is 0 Å². The predicted octanol–water partition coefficient (Wildman–Crippen LogP) is 3.95. The number of hydrogen-bond acceptors (Lipinski definition) is 4. The van der Waals surface area contributed by atoms with E-state index in [0.717, 1.165) is 31.6 Å². The molecule has 1 amide bonds. The fourth-order valence-corrected chi connectivity index (χ4v) is 2.95. The minimum Gasteiger partial charge on any atom is -0.469 e. The van der Waals surface area contributed by atoms with E-state index in [1.165, 1.54) is 12.7 Å². The number of rotatable bonds is 12. The first kappa shape index (κ1) is 23.9. The molecule has 1 aromatic rings. The van der Waals surface area contributed by atoms with Crippen molar-refractivity contribution in [1.82, 2.24) is 9.80 Å². The van der Waals surface area contributed by atoms with Gasteiger partial charge in [0.2, 0.25) is 5.91 Å². The second-order valence-electron chi connectivity index (χ2n) is 7.19. The van der Waals surface area contributed by atoms with E-state index in [9.17, 15) is 9.59 Å². The molecule has 0 fully saturated rings. The molecule has 0 aliphatic carbocycles. The molecule has 0 saturated heterocycles. The molecule has 0 heterocycles. The molecule has 0 spiro atoms. The van der Waals surface area contributed by atoms with Gasteiger partial charge in [-0.3, -0.25) is 9.59 Å². The Morgan fingerprint density at radius 2 is 1.68 bits per heavy atom. The van der Waals surface area contributed by atoms with Gasteiger partial charge in [-0.1, -0.05) is 52.0 Å². The van der Waals surface area contributed by atoms with Gasteiger partial charge in [0.1, 0.15) is 0 Å². The molecule has 0 bridgehead atoms. The number of esters is 1. The summed E-state index contributed by atoms with van der Waals surface area (Å²) in [5.74, 6) is 0.116. The highest BCUT2D eigenvalue weighted by atomic mass is 16.5. The van der Waals surface area contributed by atoms with Gasteiger partial charge in [0, 0.05) is 19.2 Å². The molecule has 0 unspecified atom stereocenters. The summed E-state index contributed by atoms with van der Waals surface area (Å²) in [6.07, 6.45) is 4.52. The molecular weight excluding hydrogens is 352 g/mol. The monoisotopic (exact) mass is 388 g/mol. The third kappa shape index (κ3) is 8.70. The average Bonchev–Trinajstić information content (AvgIpc) is 2.71. The molecule has 0 aliphatic rings. The van der Waals surface area contributed by atoms with Crippen LogP contribution in [0.4, 0.5) is 0 Å². The van der Waals surface area contributed by atoms with Crippen molar-refractivity contribution in [1.29, 1.82) is 0 Å². The third-order valence-corrected chi connectivity index (χ3v) is 4.94. The number of amides is 1. The summed E-state index contributed by atoms with van der Waals surface area (Å²) in [6, 6.07) is 8.23. The molecule has 28 heavy (non-hydrogen) atoms. The number of carbonyl (C=O) groups excluding carboxylic acids is 2. The number of methoxy groups -OCH3 is 1. The zero-order valence-corrected chi connectivity index (χ0v) is 18.1. The van der Waals surface area contributed by atoms with Crippen molar-refractivity contribution in [2.24, 2.45) is 0 Å². The number of benzene rings is 1. The van der Waals surface area contributed by atoms with E-state index in [1.807, 2.05) is 18.2 Å². The first-order chi connectivity index (χ1) is 13.4. The Kier molecular flexibility index (Phi) is 11.2. The Morgan fingerprint density at radius 1 is 1.04 bits per heavy atom.